The minimum atomic E-state index is 0.652. The lowest BCUT2D eigenvalue weighted by Crippen LogP contribution is -1.81. The van der Waals surface area contributed by atoms with Crippen molar-refractivity contribution in [2.45, 2.75) is 11.0 Å². The average molecular weight is 257 g/mol. The summed E-state index contributed by atoms with van der Waals surface area (Å²) in [4.78, 5) is 8.46. The van der Waals surface area contributed by atoms with Gasteiger partial charge in [-0.2, -0.15) is 0 Å². The predicted molar refractivity (Wildman–Crippen MR) is 72.2 cm³/mol. The predicted octanol–water partition coefficient (Wildman–Crippen LogP) is 3.10. The molecule has 0 saturated carbocycles. The van der Waals surface area contributed by atoms with E-state index in [9.17, 15) is 0 Å². The molecule has 90 valence electrons. The summed E-state index contributed by atoms with van der Waals surface area (Å²) in [5.74, 6) is 0.788. The maximum Gasteiger partial charge on any atom is 0.257 e. The minimum absolute atomic E-state index is 0.652. The van der Waals surface area contributed by atoms with Crippen LogP contribution in [0, 0.1) is 0 Å². The van der Waals surface area contributed by atoms with Crippen molar-refractivity contribution in [1.29, 1.82) is 0 Å². The molecule has 0 atom stereocenters. The van der Waals surface area contributed by atoms with Crippen molar-refractivity contribution < 1.29 is 4.42 Å². The molecular weight excluding hydrogens is 246 g/mol. The van der Waals surface area contributed by atoms with Gasteiger partial charge in [0.2, 0.25) is 0 Å². The molecule has 2 aromatic heterocycles. The number of aromatic nitrogens is 2. The molecule has 5 heteroatoms. The quantitative estimate of drug-likeness (QED) is 0.577. The van der Waals surface area contributed by atoms with Crippen LogP contribution in [0.1, 0.15) is 5.56 Å². The number of benzene rings is 1. The second-order valence-corrected chi connectivity index (χ2v) is 4.78. The number of anilines is 1. The Morgan fingerprint density at radius 2 is 2.22 bits per heavy atom. The van der Waals surface area contributed by atoms with Crippen LogP contribution >= 0.6 is 11.8 Å². The number of oxazole rings is 1. The topological polar surface area (TPSA) is 64.9 Å². The molecule has 18 heavy (non-hydrogen) atoms. The molecule has 2 N–H and O–H groups in total. The zero-order valence-electron chi connectivity index (χ0n) is 9.54. The van der Waals surface area contributed by atoms with Gasteiger partial charge in [-0.3, -0.25) is 4.98 Å². The van der Waals surface area contributed by atoms with Crippen molar-refractivity contribution >= 4 is 28.5 Å². The fraction of sp³-hybridized carbons (Fsp3) is 0.0769. The highest BCUT2D eigenvalue weighted by Gasteiger charge is 2.06. The Balaban J connectivity index is 1.79. The van der Waals surface area contributed by atoms with Gasteiger partial charge in [-0.15, -0.1) is 0 Å². The summed E-state index contributed by atoms with van der Waals surface area (Å²) in [6.07, 6.45) is 3.60. The van der Waals surface area contributed by atoms with Crippen LogP contribution in [0.2, 0.25) is 0 Å². The first kappa shape index (κ1) is 11.1. The van der Waals surface area contributed by atoms with Crippen LogP contribution in [0.15, 0.2) is 52.4 Å². The van der Waals surface area contributed by atoms with E-state index in [1.54, 1.807) is 24.0 Å². The van der Waals surface area contributed by atoms with Crippen molar-refractivity contribution in [2.24, 2.45) is 0 Å². The highest BCUT2D eigenvalue weighted by Crippen LogP contribution is 2.26. The Kier molecular flexibility index (Phi) is 2.90. The second-order valence-electron chi connectivity index (χ2n) is 3.86. The molecule has 0 aliphatic rings. The van der Waals surface area contributed by atoms with Gasteiger partial charge in [0, 0.05) is 29.9 Å². The Morgan fingerprint density at radius 3 is 3.06 bits per heavy atom. The molecule has 1 aromatic carbocycles. The third-order valence-electron chi connectivity index (χ3n) is 2.48. The molecule has 0 radical (unpaired) electrons. The Hall–Kier alpha value is -2.01. The van der Waals surface area contributed by atoms with Gasteiger partial charge in [-0.05, 0) is 23.8 Å². The van der Waals surface area contributed by atoms with Gasteiger partial charge in [0.05, 0.1) is 0 Å². The van der Waals surface area contributed by atoms with Crippen LogP contribution in [0.25, 0.3) is 11.1 Å². The zero-order valence-corrected chi connectivity index (χ0v) is 10.4. The number of nitrogens with zero attached hydrogens (tertiary/aromatic N) is 2. The second kappa shape index (κ2) is 4.70. The van der Waals surface area contributed by atoms with E-state index < -0.39 is 0 Å². The number of thioether (sulfide) groups is 1. The largest absolute Gasteiger partial charge is 0.431 e. The summed E-state index contributed by atoms with van der Waals surface area (Å²) in [6, 6.07) is 9.42. The molecule has 0 aliphatic carbocycles. The van der Waals surface area contributed by atoms with Crippen LogP contribution in [-0.2, 0) is 5.75 Å². The monoisotopic (exact) mass is 257 g/mol. The number of fused-ring (bicyclic) bond motifs is 1. The summed E-state index contributed by atoms with van der Waals surface area (Å²) in [5, 5.41) is 0.652. The van der Waals surface area contributed by atoms with E-state index in [0.717, 1.165) is 22.4 Å². The normalized spacial score (nSPS) is 10.9. The van der Waals surface area contributed by atoms with Crippen molar-refractivity contribution in [3.05, 3.63) is 48.3 Å². The molecule has 0 unspecified atom stereocenters. The number of nitrogens with two attached hydrogens (primary N) is 1. The summed E-state index contributed by atoms with van der Waals surface area (Å²) in [6.45, 7) is 0. The van der Waals surface area contributed by atoms with Crippen molar-refractivity contribution in [2.75, 3.05) is 5.73 Å². The molecule has 4 nitrogen and oxygen atoms in total. The molecule has 0 saturated heterocycles. The third-order valence-corrected chi connectivity index (χ3v) is 3.38. The maximum atomic E-state index is 5.70. The van der Waals surface area contributed by atoms with Gasteiger partial charge in [0.15, 0.2) is 5.58 Å². The van der Waals surface area contributed by atoms with E-state index in [1.165, 1.54) is 0 Å². The van der Waals surface area contributed by atoms with Gasteiger partial charge < -0.3 is 10.2 Å². The van der Waals surface area contributed by atoms with Gasteiger partial charge in [-0.25, -0.2) is 4.98 Å². The van der Waals surface area contributed by atoms with Crippen molar-refractivity contribution in [3.8, 4) is 0 Å². The molecule has 0 fully saturated rings. The lowest BCUT2D eigenvalue weighted by atomic mass is 10.3. The fourth-order valence-electron chi connectivity index (χ4n) is 1.61. The summed E-state index contributed by atoms with van der Waals surface area (Å²) in [7, 11) is 0. The Bertz CT molecular complexity index is 666. The van der Waals surface area contributed by atoms with E-state index in [-0.39, 0.29) is 0 Å². The van der Waals surface area contributed by atoms with E-state index in [0.29, 0.717) is 10.9 Å². The first-order valence-electron chi connectivity index (χ1n) is 5.49. The molecule has 0 aliphatic heterocycles. The lowest BCUT2D eigenvalue weighted by Gasteiger charge is -1.95. The van der Waals surface area contributed by atoms with Crippen LogP contribution in [0.3, 0.4) is 0 Å². The van der Waals surface area contributed by atoms with Gasteiger partial charge >= 0.3 is 0 Å². The van der Waals surface area contributed by atoms with Gasteiger partial charge in [0.1, 0.15) is 5.52 Å². The molecule has 3 rings (SSSR count). The van der Waals surface area contributed by atoms with Crippen LogP contribution in [0.5, 0.6) is 0 Å². The third kappa shape index (κ3) is 2.31. The first-order valence-corrected chi connectivity index (χ1v) is 6.47. The van der Waals surface area contributed by atoms with Gasteiger partial charge in [0.25, 0.3) is 5.22 Å². The summed E-state index contributed by atoms with van der Waals surface area (Å²) < 4.78 is 5.62. The number of hydrogen-bond acceptors (Lipinski definition) is 5. The van der Waals surface area contributed by atoms with Crippen LogP contribution < -0.4 is 5.73 Å². The summed E-state index contributed by atoms with van der Waals surface area (Å²) in [5.41, 5.74) is 9.08. The number of pyridine rings is 1. The lowest BCUT2D eigenvalue weighted by molar-refractivity contribution is 0.489. The van der Waals surface area contributed by atoms with Gasteiger partial charge in [-0.1, -0.05) is 17.8 Å². The smallest absolute Gasteiger partial charge is 0.257 e. The molecule has 2 heterocycles. The summed E-state index contributed by atoms with van der Waals surface area (Å²) >= 11 is 1.55. The molecule has 3 aromatic rings. The minimum Gasteiger partial charge on any atom is -0.431 e. The molecule has 0 bridgehead atoms. The number of hydrogen-bond donors (Lipinski definition) is 1. The molecule has 0 amide bonds. The number of nitrogen functional groups attached to an aromatic ring is 1. The van der Waals surface area contributed by atoms with E-state index in [4.69, 9.17) is 10.2 Å². The zero-order chi connectivity index (χ0) is 12.4. The Labute approximate surface area is 108 Å². The average Bonchev–Trinajstić information content (AvgIpc) is 2.79. The van der Waals surface area contributed by atoms with Crippen LogP contribution in [0.4, 0.5) is 5.69 Å². The van der Waals surface area contributed by atoms with E-state index in [1.807, 2.05) is 30.5 Å². The highest BCUT2D eigenvalue weighted by molar-refractivity contribution is 7.98. The van der Waals surface area contributed by atoms with Crippen molar-refractivity contribution in [3.63, 3.8) is 0 Å². The fourth-order valence-corrected chi connectivity index (χ4v) is 2.38. The SMILES string of the molecule is Nc1ccc2nc(SCc3cccnc3)oc2c1. The van der Waals surface area contributed by atoms with Crippen LogP contribution in [-0.4, -0.2) is 9.97 Å². The van der Waals surface area contributed by atoms with E-state index >= 15 is 0 Å². The standard InChI is InChI=1S/C13H11N3OS/c14-10-3-4-11-12(6-10)17-13(16-11)18-8-9-2-1-5-15-7-9/h1-7H,8,14H2. The first-order chi connectivity index (χ1) is 8.81. The Morgan fingerprint density at radius 1 is 1.28 bits per heavy atom. The molecular formula is C13H11N3OS. The maximum absolute atomic E-state index is 5.70. The van der Waals surface area contributed by atoms with Crippen molar-refractivity contribution in [1.82, 2.24) is 9.97 Å². The van der Waals surface area contributed by atoms with E-state index in [2.05, 4.69) is 9.97 Å². The number of rotatable bonds is 3. The highest BCUT2D eigenvalue weighted by atomic mass is 32.2. The molecule has 0 spiro atoms.